The molecule has 0 atom stereocenters. The van der Waals surface area contributed by atoms with Crippen LogP contribution in [0, 0.1) is 6.92 Å². The van der Waals surface area contributed by atoms with Gasteiger partial charge in [0.1, 0.15) is 5.15 Å². The van der Waals surface area contributed by atoms with Crippen molar-refractivity contribution < 1.29 is 0 Å². The van der Waals surface area contributed by atoms with Gasteiger partial charge < -0.3 is 4.57 Å². The summed E-state index contributed by atoms with van der Waals surface area (Å²) in [6, 6.07) is 18.0. The lowest BCUT2D eigenvalue weighted by molar-refractivity contribution is 0.819. The zero-order chi connectivity index (χ0) is 15.8. The summed E-state index contributed by atoms with van der Waals surface area (Å²) in [7, 11) is 0. The van der Waals surface area contributed by atoms with E-state index in [0.717, 1.165) is 28.0 Å². The first-order chi connectivity index (χ1) is 11.2. The van der Waals surface area contributed by atoms with Crippen LogP contribution in [-0.4, -0.2) is 19.3 Å². The largest absolute Gasteiger partial charge is 0.326 e. The number of fused-ring (bicyclic) bond motifs is 1. The second-order valence-corrected chi connectivity index (χ2v) is 5.82. The topological polar surface area (TPSA) is 35.6 Å². The predicted molar refractivity (Wildman–Crippen MR) is 92.1 cm³/mol. The van der Waals surface area contributed by atoms with Gasteiger partial charge in [-0.25, -0.2) is 9.67 Å². The summed E-state index contributed by atoms with van der Waals surface area (Å²) in [6.45, 7) is 2.64. The Morgan fingerprint density at radius 2 is 1.74 bits per heavy atom. The maximum atomic E-state index is 6.60. The first kappa shape index (κ1) is 14.0. The minimum atomic E-state index is 0.645. The van der Waals surface area contributed by atoms with Crippen molar-refractivity contribution in [3.63, 3.8) is 0 Å². The number of hydrogen-bond acceptors (Lipinski definition) is 2. The molecular weight excluding hydrogens is 308 g/mol. The van der Waals surface area contributed by atoms with E-state index in [1.807, 2.05) is 61.8 Å². The number of hydrogen-bond donors (Lipinski definition) is 0. The van der Waals surface area contributed by atoms with Gasteiger partial charge >= 0.3 is 0 Å². The fourth-order valence-electron chi connectivity index (χ4n) is 2.76. The minimum Gasteiger partial charge on any atom is -0.326 e. The molecule has 114 valence electrons. The Kier molecular flexibility index (Phi) is 3.39. The van der Waals surface area contributed by atoms with E-state index in [9.17, 15) is 0 Å². The Balaban J connectivity index is 1.77. The molecule has 4 nitrogen and oxygen atoms in total. The van der Waals surface area contributed by atoms with Crippen LogP contribution in [0.5, 0.6) is 0 Å². The van der Waals surface area contributed by atoms with Crippen molar-refractivity contribution in [2.75, 3.05) is 0 Å². The quantitative estimate of drug-likeness (QED) is 0.566. The molecule has 23 heavy (non-hydrogen) atoms. The fourth-order valence-corrected chi connectivity index (χ4v) is 3.09. The van der Waals surface area contributed by atoms with E-state index in [4.69, 9.17) is 11.6 Å². The van der Waals surface area contributed by atoms with Crippen molar-refractivity contribution in [3.05, 3.63) is 77.3 Å². The third-order valence-electron chi connectivity index (χ3n) is 3.98. The molecule has 2 heterocycles. The third-order valence-corrected chi connectivity index (χ3v) is 4.37. The van der Waals surface area contributed by atoms with Crippen molar-refractivity contribution in [2.45, 2.75) is 13.5 Å². The first-order valence-corrected chi connectivity index (χ1v) is 7.81. The number of benzene rings is 2. The van der Waals surface area contributed by atoms with Gasteiger partial charge in [0, 0.05) is 5.56 Å². The lowest BCUT2D eigenvalue weighted by Crippen LogP contribution is -2.00. The Morgan fingerprint density at radius 3 is 2.57 bits per heavy atom. The van der Waals surface area contributed by atoms with Crippen LogP contribution in [0.2, 0.25) is 5.15 Å². The van der Waals surface area contributed by atoms with Crippen molar-refractivity contribution in [3.8, 4) is 5.69 Å². The van der Waals surface area contributed by atoms with E-state index >= 15 is 0 Å². The van der Waals surface area contributed by atoms with Gasteiger partial charge in [-0.3, -0.25) is 0 Å². The molecule has 0 saturated carbocycles. The molecule has 0 fully saturated rings. The van der Waals surface area contributed by atoms with E-state index in [2.05, 4.69) is 20.7 Å². The number of halogens is 1. The highest BCUT2D eigenvalue weighted by atomic mass is 35.5. The molecular formula is C18H15ClN4. The second-order valence-electron chi connectivity index (χ2n) is 5.46. The SMILES string of the molecule is Cc1nn(-c2ccccc2)c(Cl)c1Cn1cnc2ccccc21. The average Bonchev–Trinajstić information content (AvgIpc) is 3.12. The van der Waals surface area contributed by atoms with Gasteiger partial charge in [0.15, 0.2) is 0 Å². The molecule has 0 spiro atoms. The monoisotopic (exact) mass is 322 g/mol. The van der Waals surface area contributed by atoms with Crippen LogP contribution in [-0.2, 0) is 6.54 Å². The highest BCUT2D eigenvalue weighted by molar-refractivity contribution is 6.30. The summed E-state index contributed by atoms with van der Waals surface area (Å²) >= 11 is 6.60. The minimum absolute atomic E-state index is 0.645. The summed E-state index contributed by atoms with van der Waals surface area (Å²) in [6.07, 6.45) is 1.85. The smallest absolute Gasteiger partial charge is 0.138 e. The summed E-state index contributed by atoms with van der Waals surface area (Å²) in [4.78, 5) is 4.43. The maximum absolute atomic E-state index is 6.60. The maximum Gasteiger partial charge on any atom is 0.138 e. The summed E-state index contributed by atoms with van der Waals surface area (Å²) < 4.78 is 3.88. The number of imidazole rings is 1. The zero-order valence-electron chi connectivity index (χ0n) is 12.6. The van der Waals surface area contributed by atoms with Crippen LogP contribution in [0.25, 0.3) is 16.7 Å². The van der Waals surface area contributed by atoms with Crippen LogP contribution in [0.3, 0.4) is 0 Å². The van der Waals surface area contributed by atoms with Crippen molar-refractivity contribution in [1.82, 2.24) is 19.3 Å². The van der Waals surface area contributed by atoms with Crippen LogP contribution in [0.15, 0.2) is 60.9 Å². The molecule has 0 saturated heterocycles. The Hall–Kier alpha value is -2.59. The Bertz CT molecular complexity index is 969. The van der Waals surface area contributed by atoms with Crippen LogP contribution in [0.1, 0.15) is 11.3 Å². The normalized spacial score (nSPS) is 11.2. The Labute approximate surface area is 139 Å². The molecule has 0 unspecified atom stereocenters. The number of para-hydroxylation sites is 3. The molecule has 4 rings (SSSR count). The lowest BCUT2D eigenvalue weighted by atomic mass is 10.2. The van der Waals surface area contributed by atoms with Crippen LogP contribution >= 0.6 is 11.6 Å². The van der Waals surface area contributed by atoms with E-state index in [0.29, 0.717) is 11.7 Å². The van der Waals surface area contributed by atoms with Gasteiger partial charge in [0.25, 0.3) is 0 Å². The lowest BCUT2D eigenvalue weighted by Gasteiger charge is -2.05. The van der Waals surface area contributed by atoms with Crippen LogP contribution < -0.4 is 0 Å². The molecule has 2 aromatic heterocycles. The summed E-state index contributed by atoms with van der Waals surface area (Å²) in [5, 5.41) is 5.24. The van der Waals surface area contributed by atoms with Gasteiger partial charge in [0.2, 0.25) is 0 Å². The van der Waals surface area contributed by atoms with Gasteiger partial charge in [-0.15, -0.1) is 0 Å². The number of aromatic nitrogens is 4. The van der Waals surface area contributed by atoms with Crippen molar-refractivity contribution in [2.24, 2.45) is 0 Å². The Morgan fingerprint density at radius 1 is 1.00 bits per heavy atom. The second kappa shape index (κ2) is 5.56. The molecule has 0 aliphatic heterocycles. The van der Waals surface area contributed by atoms with Crippen molar-refractivity contribution in [1.29, 1.82) is 0 Å². The first-order valence-electron chi connectivity index (χ1n) is 7.43. The molecule has 0 aliphatic carbocycles. The van der Waals surface area contributed by atoms with E-state index in [1.54, 1.807) is 4.68 Å². The van der Waals surface area contributed by atoms with E-state index in [1.165, 1.54) is 0 Å². The number of aryl methyl sites for hydroxylation is 1. The average molecular weight is 323 g/mol. The standard InChI is InChI=1S/C18H15ClN4/c1-13-15(11-22-12-20-16-9-5-6-10-17(16)22)18(19)23(21-13)14-7-3-2-4-8-14/h2-10,12H,11H2,1H3. The molecule has 0 bridgehead atoms. The third kappa shape index (κ3) is 2.41. The number of nitrogens with zero attached hydrogens (tertiary/aromatic N) is 4. The van der Waals surface area contributed by atoms with E-state index in [-0.39, 0.29) is 0 Å². The zero-order valence-corrected chi connectivity index (χ0v) is 13.4. The molecule has 2 aromatic carbocycles. The van der Waals surface area contributed by atoms with Gasteiger partial charge in [0.05, 0.1) is 35.3 Å². The predicted octanol–water partition coefficient (Wildman–Crippen LogP) is 4.23. The highest BCUT2D eigenvalue weighted by Gasteiger charge is 2.15. The molecule has 0 amide bonds. The van der Waals surface area contributed by atoms with Gasteiger partial charge in [-0.2, -0.15) is 5.10 Å². The van der Waals surface area contributed by atoms with Gasteiger partial charge in [-0.05, 0) is 31.2 Å². The molecule has 0 aliphatic rings. The molecule has 4 aromatic rings. The summed E-state index contributed by atoms with van der Waals surface area (Å²) in [5.41, 5.74) is 4.98. The summed E-state index contributed by atoms with van der Waals surface area (Å²) in [5.74, 6) is 0. The van der Waals surface area contributed by atoms with Crippen LogP contribution in [0.4, 0.5) is 0 Å². The van der Waals surface area contributed by atoms with Crippen molar-refractivity contribution >= 4 is 22.6 Å². The molecule has 0 N–H and O–H groups in total. The molecule has 0 radical (unpaired) electrons. The van der Waals surface area contributed by atoms with E-state index < -0.39 is 0 Å². The van der Waals surface area contributed by atoms with Gasteiger partial charge in [-0.1, -0.05) is 41.9 Å². The number of rotatable bonds is 3. The highest BCUT2D eigenvalue weighted by Crippen LogP contribution is 2.25. The fraction of sp³-hybridized carbons (Fsp3) is 0.111. The molecule has 5 heteroatoms.